The van der Waals surface area contributed by atoms with Gasteiger partial charge in [0.1, 0.15) is 5.00 Å². The highest BCUT2D eigenvalue weighted by Gasteiger charge is 2.28. The number of anilines is 1. The molecule has 3 aromatic rings. The van der Waals surface area contributed by atoms with Crippen LogP contribution in [0.2, 0.25) is 0 Å². The second-order valence-electron chi connectivity index (χ2n) is 8.20. The Hall–Kier alpha value is -2.97. The predicted octanol–water partition coefficient (Wildman–Crippen LogP) is 5.01. The summed E-state index contributed by atoms with van der Waals surface area (Å²) < 4.78 is 24.4. The van der Waals surface area contributed by atoms with Crippen LogP contribution >= 0.6 is 11.3 Å². The van der Waals surface area contributed by atoms with Crippen molar-refractivity contribution in [2.75, 3.05) is 24.7 Å². The highest BCUT2D eigenvalue weighted by atomic mass is 32.2. The largest absolute Gasteiger partial charge is 0.339 e. The fraction of sp³-hybridized carbons (Fsp3) is 0.280. The van der Waals surface area contributed by atoms with Crippen molar-refractivity contribution in [2.24, 2.45) is 0 Å². The lowest BCUT2D eigenvalue weighted by atomic mass is 10.0. The number of rotatable bonds is 5. The third-order valence-electron chi connectivity index (χ3n) is 5.80. The first-order valence-corrected chi connectivity index (χ1v) is 13.6. The van der Waals surface area contributed by atoms with Crippen LogP contribution in [0.15, 0.2) is 59.5 Å². The summed E-state index contributed by atoms with van der Waals surface area (Å²) in [6, 6.07) is 15.8. The Bertz CT molecular complexity index is 1290. The monoisotopic (exact) mass is 482 g/mol. The minimum atomic E-state index is -3.59. The molecule has 2 heterocycles. The summed E-state index contributed by atoms with van der Waals surface area (Å²) in [6.45, 7) is 3.29. The van der Waals surface area contributed by atoms with Gasteiger partial charge in [0, 0.05) is 24.2 Å². The van der Waals surface area contributed by atoms with Crippen molar-refractivity contribution in [3.8, 4) is 10.4 Å². The van der Waals surface area contributed by atoms with Gasteiger partial charge < -0.3 is 10.2 Å². The molecule has 0 radical (unpaired) electrons. The van der Waals surface area contributed by atoms with E-state index in [1.165, 1.54) is 23.5 Å². The van der Waals surface area contributed by atoms with Crippen LogP contribution in [-0.4, -0.2) is 44.5 Å². The number of thiophene rings is 1. The second kappa shape index (κ2) is 9.49. The zero-order valence-corrected chi connectivity index (χ0v) is 20.3. The van der Waals surface area contributed by atoms with Crippen LogP contribution in [0.3, 0.4) is 0 Å². The Morgan fingerprint density at radius 2 is 1.58 bits per heavy atom. The molecule has 0 atom stereocenters. The SMILES string of the molecule is Cc1c(-c2ccccc2)sc(NC(=O)c2ccccc2S(C)(=O)=O)c1C(=O)N1CCCCC1. The van der Waals surface area contributed by atoms with E-state index >= 15 is 0 Å². The van der Waals surface area contributed by atoms with E-state index in [-0.39, 0.29) is 16.4 Å². The van der Waals surface area contributed by atoms with Crippen LogP contribution in [0.25, 0.3) is 10.4 Å². The van der Waals surface area contributed by atoms with Gasteiger partial charge >= 0.3 is 0 Å². The van der Waals surface area contributed by atoms with Crippen molar-refractivity contribution in [3.05, 3.63) is 71.3 Å². The van der Waals surface area contributed by atoms with Gasteiger partial charge in [-0.3, -0.25) is 9.59 Å². The average Bonchev–Trinajstić information content (AvgIpc) is 3.14. The molecule has 1 aliphatic heterocycles. The molecule has 1 aromatic heterocycles. The fourth-order valence-electron chi connectivity index (χ4n) is 4.13. The molecule has 8 heteroatoms. The molecule has 1 N–H and O–H groups in total. The molecular weight excluding hydrogens is 456 g/mol. The Balaban J connectivity index is 1.77. The summed E-state index contributed by atoms with van der Waals surface area (Å²) in [5.74, 6) is -0.651. The molecule has 0 unspecified atom stereocenters. The van der Waals surface area contributed by atoms with Gasteiger partial charge in [-0.2, -0.15) is 0 Å². The van der Waals surface area contributed by atoms with E-state index in [2.05, 4.69) is 5.32 Å². The van der Waals surface area contributed by atoms with E-state index in [1.54, 1.807) is 12.1 Å². The normalized spacial score (nSPS) is 14.2. The minimum Gasteiger partial charge on any atom is -0.339 e. The minimum absolute atomic E-state index is 0.0389. The number of nitrogens with zero attached hydrogens (tertiary/aromatic N) is 1. The van der Waals surface area contributed by atoms with Crippen LogP contribution in [0, 0.1) is 6.92 Å². The van der Waals surface area contributed by atoms with E-state index in [1.807, 2.05) is 42.2 Å². The second-order valence-corrected chi connectivity index (χ2v) is 11.2. The maximum Gasteiger partial charge on any atom is 0.257 e. The third-order valence-corrected chi connectivity index (χ3v) is 8.21. The first-order chi connectivity index (χ1) is 15.8. The molecule has 2 amide bonds. The van der Waals surface area contributed by atoms with Crippen molar-refractivity contribution >= 4 is 38.0 Å². The van der Waals surface area contributed by atoms with Crippen molar-refractivity contribution in [1.82, 2.24) is 4.90 Å². The van der Waals surface area contributed by atoms with Crippen LogP contribution in [0.4, 0.5) is 5.00 Å². The summed E-state index contributed by atoms with van der Waals surface area (Å²) in [5.41, 5.74) is 2.31. The van der Waals surface area contributed by atoms with Gasteiger partial charge in [-0.1, -0.05) is 42.5 Å². The Labute approximate surface area is 198 Å². The Kier molecular flexibility index (Phi) is 6.67. The van der Waals surface area contributed by atoms with Gasteiger partial charge in [-0.05, 0) is 49.4 Å². The van der Waals surface area contributed by atoms with Gasteiger partial charge in [0.2, 0.25) is 0 Å². The molecule has 4 rings (SSSR count). The molecule has 33 heavy (non-hydrogen) atoms. The third kappa shape index (κ3) is 4.86. The summed E-state index contributed by atoms with van der Waals surface area (Å²) in [6.07, 6.45) is 4.11. The highest BCUT2D eigenvalue weighted by Crippen LogP contribution is 2.41. The number of piperidine rings is 1. The van der Waals surface area contributed by atoms with E-state index in [4.69, 9.17) is 0 Å². The van der Waals surface area contributed by atoms with Gasteiger partial charge in [-0.25, -0.2) is 8.42 Å². The quantitative estimate of drug-likeness (QED) is 0.554. The number of carbonyl (C=O) groups excluding carboxylic acids is 2. The topological polar surface area (TPSA) is 83.5 Å². The maximum atomic E-state index is 13.5. The lowest BCUT2D eigenvalue weighted by molar-refractivity contribution is 0.0725. The molecule has 0 aliphatic carbocycles. The smallest absolute Gasteiger partial charge is 0.257 e. The predicted molar refractivity (Wildman–Crippen MR) is 132 cm³/mol. The summed E-state index contributed by atoms with van der Waals surface area (Å²) in [5, 5.41) is 3.30. The number of carbonyl (C=O) groups is 2. The molecule has 0 bridgehead atoms. The van der Waals surface area contributed by atoms with Crippen LogP contribution in [-0.2, 0) is 9.84 Å². The van der Waals surface area contributed by atoms with Crippen molar-refractivity contribution in [1.29, 1.82) is 0 Å². The van der Waals surface area contributed by atoms with Gasteiger partial charge in [0.15, 0.2) is 9.84 Å². The maximum absolute atomic E-state index is 13.5. The highest BCUT2D eigenvalue weighted by molar-refractivity contribution is 7.90. The van der Waals surface area contributed by atoms with Crippen LogP contribution in [0.5, 0.6) is 0 Å². The molecular formula is C25H26N2O4S2. The Morgan fingerprint density at radius 3 is 2.24 bits per heavy atom. The van der Waals surface area contributed by atoms with E-state index < -0.39 is 15.7 Å². The number of benzene rings is 2. The molecule has 0 spiro atoms. The average molecular weight is 483 g/mol. The molecule has 2 aromatic carbocycles. The molecule has 6 nitrogen and oxygen atoms in total. The van der Waals surface area contributed by atoms with Crippen LogP contribution < -0.4 is 5.32 Å². The van der Waals surface area contributed by atoms with Gasteiger partial charge in [0.05, 0.1) is 16.0 Å². The lowest BCUT2D eigenvalue weighted by Gasteiger charge is -2.27. The van der Waals surface area contributed by atoms with Crippen molar-refractivity contribution in [2.45, 2.75) is 31.1 Å². The zero-order chi connectivity index (χ0) is 23.6. The lowest BCUT2D eigenvalue weighted by Crippen LogP contribution is -2.36. The van der Waals surface area contributed by atoms with Gasteiger partial charge in [-0.15, -0.1) is 11.3 Å². The van der Waals surface area contributed by atoms with E-state index in [0.29, 0.717) is 23.7 Å². The van der Waals surface area contributed by atoms with Crippen LogP contribution in [0.1, 0.15) is 45.5 Å². The zero-order valence-electron chi connectivity index (χ0n) is 18.6. The van der Waals surface area contributed by atoms with E-state index in [9.17, 15) is 18.0 Å². The van der Waals surface area contributed by atoms with Crippen molar-refractivity contribution < 1.29 is 18.0 Å². The Morgan fingerprint density at radius 1 is 0.939 bits per heavy atom. The van der Waals surface area contributed by atoms with Crippen molar-refractivity contribution in [3.63, 3.8) is 0 Å². The number of likely N-dealkylation sites (tertiary alicyclic amines) is 1. The first-order valence-electron chi connectivity index (χ1n) is 10.9. The van der Waals surface area contributed by atoms with E-state index in [0.717, 1.165) is 41.5 Å². The number of nitrogens with one attached hydrogen (secondary N) is 1. The molecule has 1 fully saturated rings. The summed E-state index contributed by atoms with van der Waals surface area (Å²) in [4.78, 5) is 29.4. The number of amides is 2. The summed E-state index contributed by atoms with van der Waals surface area (Å²) in [7, 11) is -3.59. The molecule has 0 saturated carbocycles. The molecule has 1 saturated heterocycles. The number of hydrogen-bond donors (Lipinski definition) is 1. The molecule has 172 valence electrons. The number of hydrogen-bond acceptors (Lipinski definition) is 5. The first kappa shape index (κ1) is 23.2. The van der Waals surface area contributed by atoms with Gasteiger partial charge in [0.25, 0.3) is 11.8 Å². The molecule has 1 aliphatic rings. The number of sulfone groups is 1. The summed E-state index contributed by atoms with van der Waals surface area (Å²) >= 11 is 1.34. The fourth-order valence-corrected chi connectivity index (χ4v) is 6.21. The standard InChI is InChI=1S/C25H26N2O4S2/c1-17-21(25(29)27-15-9-4-10-16-27)24(32-22(17)18-11-5-3-6-12-18)26-23(28)19-13-7-8-14-20(19)33(2,30)31/h3,5-8,11-14H,4,9-10,15-16H2,1-2H3,(H,26,28).